The lowest BCUT2D eigenvalue weighted by Gasteiger charge is -2.11. The van der Waals surface area contributed by atoms with Gasteiger partial charge in [-0.05, 0) is 19.1 Å². The summed E-state index contributed by atoms with van der Waals surface area (Å²) in [5.41, 5.74) is -0.387. The quantitative estimate of drug-likeness (QED) is 0.848. The summed E-state index contributed by atoms with van der Waals surface area (Å²) in [6.45, 7) is 1.87. The highest BCUT2D eigenvalue weighted by Gasteiger charge is 2.17. The largest absolute Gasteiger partial charge is 0.507 e. The Bertz CT molecular complexity index is 430. The molecular weight excluding hydrogens is 245 g/mol. The van der Waals surface area contributed by atoms with E-state index in [1.165, 1.54) is 18.4 Å². The van der Waals surface area contributed by atoms with Gasteiger partial charge in [0.15, 0.2) is 0 Å². The minimum absolute atomic E-state index is 0.162. The molecule has 0 spiro atoms. The van der Waals surface area contributed by atoms with Gasteiger partial charge in [0, 0.05) is 28.9 Å². The molecule has 2 atom stereocenters. The van der Waals surface area contributed by atoms with Crippen molar-refractivity contribution in [1.29, 1.82) is 0 Å². The predicted octanol–water partition coefficient (Wildman–Crippen LogP) is 1.03. The van der Waals surface area contributed by atoms with Crippen molar-refractivity contribution in [2.75, 3.05) is 12.8 Å². The van der Waals surface area contributed by atoms with Gasteiger partial charge in [0.05, 0.1) is 0 Å². The monoisotopic (exact) mass is 259 g/mol. The zero-order valence-electron chi connectivity index (χ0n) is 9.57. The molecule has 1 aromatic rings. The Hall–Kier alpha value is -1.43. The zero-order chi connectivity index (χ0) is 13.0. The van der Waals surface area contributed by atoms with E-state index in [-0.39, 0.29) is 17.4 Å². The van der Waals surface area contributed by atoms with Crippen LogP contribution < -0.4 is 5.32 Å². The molecule has 0 heterocycles. The average molecular weight is 259 g/mol. The molecule has 17 heavy (non-hydrogen) atoms. The lowest BCUT2D eigenvalue weighted by molar-refractivity contribution is 0.0947. The summed E-state index contributed by atoms with van der Waals surface area (Å²) in [5.74, 6) is -1.90. The Labute approximate surface area is 101 Å². The topological polar surface area (TPSA) is 66.4 Å². The number of amides is 1. The van der Waals surface area contributed by atoms with Crippen LogP contribution in [0.3, 0.4) is 0 Å². The fourth-order valence-electron chi connectivity index (χ4n) is 1.18. The zero-order valence-corrected chi connectivity index (χ0v) is 10.4. The molecule has 1 aromatic carbocycles. The van der Waals surface area contributed by atoms with Gasteiger partial charge in [-0.3, -0.25) is 9.00 Å². The summed E-state index contributed by atoms with van der Waals surface area (Å²) >= 11 is 0. The van der Waals surface area contributed by atoms with Crippen LogP contribution in [0.5, 0.6) is 5.75 Å². The molecule has 4 nitrogen and oxygen atoms in total. The highest BCUT2D eigenvalue weighted by molar-refractivity contribution is 7.84. The van der Waals surface area contributed by atoms with Crippen LogP contribution >= 0.6 is 0 Å². The van der Waals surface area contributed by atoms with Gasteiger partial charge in [0.25, 0.3) is 5.91 Å². The van der Waals surface area contributed by atoms with Crippen molar-refractivity contribution in [3.63, 3.8) is 0 Å². The van der Waals surface area contributed by atoms with Crippen molar-refractivity contribution in [2.45, 2.75) is 12.2 Å². The Morgan fingerprint density at radius 3 is 2.76 bits per heavy atom. The first-order chi connectivity index (χ1) is 7.93. The SMILES string of the molecule is C[C@H](CNC(=O)c1c(O)cccc1F)[S@@](C)=O. The van der Waals surface area contributed by atoms with Crippen LogP contribution in [-0.2, 0) is 10.8 Å². The molecule has 1 amide bonds. The van der Waals surface area contributed by atoms with Gasteiger partial charge in [-0.1, -0.05) is 6.07 Å². The summed E-state index contributed by atoms with van der Waals surface area (Å²) in [4.78, 5) is 11.6. The number of carbonyl (C=O) groups excluding carboxylic acids is 1. The molecular formula is C11H14FNO3S. The van der Waals surface area contributed by atoms with Gasteiger partial charge in [0.2, 0.25) is 0 Å². The van der Waals surface area contributed by atoms with E-state index < -0.39 is 28.3 Å². The molecule has 0 radical (unpaired) electrons. The van der Waals surface area contributed by atoms with E-state index in [0.29, 0.717) is 0 Å². The number of halogens is 1. The number of phenols is 1. The molecule has 94 valence electrons. The first-order valence-electron chi connectivity index (χ1n) is 5.01. The summed E-state index contributed by atoms with van der Waals surface area (Å²) in [7, 11) is -1.06. The minimum atomic E-state index is -1.06. The van der Waals surface area contributed by atoms with E-state index in [1.807, 2.05) is 0 Å². The number of hydrogen-bond acceptors (Lipinski definition) is 3. The number of phenolic OH excluding ortho intramolecular Hbond substituents is 1. The normalized spacial score (nSPS) is 14.1. The lowest BCUT2D eigenvalue weighted by atomic mass is 10.1. The maximum atomic E-state index is 13.3. The van der Waals surface area contributed by atoms with E-state index in [1.54, 1.807) is 6.92 Å². The first kappa shape index (κ1) is 13.6. The van der Waals surface area contributed by atoms with Crippen LogP contribution in [0.2, 0.25) is 0 Å². The summed E-state index contributed by atoms with van der Waals surface area (Å²) < 4.78 is 24.4. The first-order valence-corrected chi connectivity index (χ1v) is 6.63. The molecule has 0 aliphatic rings. The number of benzene rings is 1. The Kier molecular flexibility index (Phi) is 4.62. The second-order valence-corrected chi connectivity index (χ2v) is 5.46. The Morgan fingerprint density at radius 1 is 1.59 bits per heavy atom. The smallest absolute Gasteiger partial charge is 0.258 e. The second-order valence-electron chi connectivity index (χ2n) is 3.65. The number of nitrogens with one attached hydrogen (secondary N) is 1. The summed E-state index contributed by atoms with van der Waals surface area (Å²) in [6, 6.07) is 3.64. The van der Waals surface area contributed by atoms with Crippen molar-refractivity contribution in [2.24, 2.45) is 0 Å². The third-order valence-electron chi connectivity index (χ3n) is 2.34. The Balaban J connectivity index is 2.74. The van der Waals surface area contributed by atoms with Gasteiger partial charge in [-0.15, -0.1) is 0 Å². The molecule has 0 bridgehead atoms. The fourth-order valence-corrected chi connectivity index (χ4v) is 1.50. The minimum Gasteiger partial charge on any atom is -0.507 e. The average Bonchev–Trinajstić information content (AvgIpc) is 2.25. The Morgan fingerprint density at radius 2 is 2.24 bits per heavy atom. The fraction of sp³-hybridized carbons (Fsp3) is 0.364. The summed E-state index contributed by atoms with van der Waals surface area (Å²) in [5, 5.41) is 11.6. The van der Waals surface area contributed by atoms with Gasteiger partial charge in [0.1, 0.15) is 17.1 Å². The number of aromatic hydroxyl groups is 1. The van der Waals surface area contributed by atoms with Crippen LogP contribution in [0.15, 0.2) is 18.2 Å². The standard InChI is InChI=1S/C11H14FNO3S/c1-7(17(2)16)6-13-11(15)10-8(12)4-3-5-9(10)14/h3-5,7,14H,6H2,1-2H3,(H,13,15)/t7-,17-/m1/s1. The molecule has 0 unspecified atom stereocenters. The van der Waals surface area contributed by atoms with E-state index in [9.17, 15) is 18.5 Å². The molecule has 1 rings (SSSR count). The van der Waals surface area contributed by atoms with E-state index in [4.69, 9.17) is 0 Å². The van der Waals surface area contributed by atoms with Crippen molar-refractivity contribution in [1.82, 2.24) is 5.32 Å². The van der Waals surface area contributed by atoms with E-state index in [2.05, 4.69) is 5.32 Å². The highest BCUT2D eigenvalue weighted by atomic mass is 32.2. The molecule has 0 saturated heterocycles. The molecule has 0 aliphatic heterocycles. The van der Waals surface area contributed by atoms with Gasteiger partial charge in [-0.25, -0.2) is 4.39 Å². The van der Waals surface area contributed by atoms with E-state index in [0.717, 1.165) is 6.07 Å². The van der Waals surface area contributed by atoms with Crippen molar-refractivity contribution >= 4 is 16.7 Å². The van der Waals surface area contributed by atoms with Crippen LogP contribution in [0.25, 0.3) is 0 Å². The van der Waals surface area contributed by atoms with Crippen molar-refractivity contribution in [3.8, 4) is 5.75 Å². The molecule has 0 aliphatic carbocycles. The van der Waals surface area contributed by atoms with Crippen LogP contribution in [0.1, 0.15) is 17.3 Å². The van der Waals surface area contributed by atoms with Crippen LogP contribution in [-0.4, -0.2) is 33.3 Å². The van der Waals surface area contributed by atoms with Crippen molar-refractivity contribution in [3.05, 3.63) is 29.6 Å². The lowest BCUT2D eigenvalue weighted by Crippen LogP contribution is -2.33. The maximum absolute atomic E-state index is 13.3. The number of hydrogen-bond donors (Lipinski definition) is 2. The number of rotatable bonds is 4. The van der Waals surface area contributed by atoms with Gasteiger partial charge >= 0.3 is 0 Å². The molecule has 6 heteroatoms. The molecule has 0 aromatic heterocycles. The summed E-state index contributed by atoms with van der Waals surface area (Å²) in [6.07, 6.45) is 1.53. The van der Waals surface area contributed by atoms with E-state index >= 15 is 0 Å². The van der Waals surface area contributed by atoms with Crippen LogP contribution in [0.4, 0.5) is 4.39 Å². The molecule has 2 N–H and O–H groups in total. The van der Waals surface area contributed by atoms with Crippen LogP contribution in [0, 0.1) is 5.82 Å². The van der Waals surface area contributed by atoms with Gasteiger partial charge in [-0.2, -0.15) is 0 Å². The highest BCUT2D eigenvalue weighted by Crippen LogP contribution is 2.19. The third kappa shape index (κ3) is 3.52. The van der Waals surface area contributed by atoms with Gasteiger partial charge < -0.3 is 10.4 Å². The maximum Gasteiger partial charge on any atom is 0.258 e. The number of carbonyl (C=O) groups is 1. The molecule has 0 saturated carbocycles. The molecule has 0 fully saturated rings. The second kappa shape index (κ2) is 5.77. The van der Waals surface area contributed by atoms with Crippen molar-refractivity contribution < 1.29 is 18.5 Å². The third-order valence-corrected chi connectivity index (χ3v) is 3.64. The predicted molar refractivity (Wildman–Crippen MR) is 63.9 cm³/mol.